The smallest absolute Gasteiger partial charge is 0.339 e. The predicted molar refractivity (Wildman–Crippen MR) is 82.4 cm³/mol. The lowest BCUT2D eigenvalue weighted by molar-refractivity contribution is 0.0602. The lowest BCUT2D eigenvalue weighted by atomic mass is 9.80. The summed E-state index contributed by atoms with van der Waals surface area (Å²) in [5.74, 6) is 1.08. The molecule has 0 spiro atoms. The van der Waals surface area contributed by atoms with Gasteiger partial charge in [-0.2, -0.15) is 0 Å². The second-order valence-corrected chi connectivity index (χ2v) is 6.38. The van der Waals surface area contributed by atoms with Crippen molar-refractivity contribution in [1.29, 1.82) is 0 Å². The topological polar surface area (TPSA) is 38.3 Å². The van der Waals surface area contributed by atoms with Gasteiger partial charge in [-0.1, -0.05) is 25.4 Å². The molecule has 4 heteroatoms. The third kappa shape index (κ3) is 3.66. The van der Waals surface area contributed by atoms with Crippen LogP contribution in [0.4, 0.5) is 5.69 Å². The molecule has 1 aromatic rings. The van der Waals surface area contributed by atoms with Crippen LogP contribution in [0, 0.1) is 11.8 Å². The fourth-order valence-corrected chi connectivity index (χ4v) is 3.38. The van der Waals surface area contributed by atoms with E-state index in [-0.39, 0.29) is 5.97 Å². The molecule has 0 heterocycles. The molecule has 1 aliphatic rings. The summed E-state index contributed by atoms with van der Waals surface area (Å²) in [4.78, 5) is 11.8. The van der Waals surface area contributed by atoms with E-state index in [4.69, 9.17) is 16.3 Å². The molecular weight excluding hydrogens is 274 g/mol. The molecule has 2 rings (SSSR count). The molecule has 0 amide bonds. The molecule has 1 aromatic carbocycles. The highest BCUT2D eigenvalue weighted by Gasteiger charge is 2.25. The zero-order chi connectivity index (χ0) is 14.7. The molecular formula is C16H22ClNO2. The van der Waals surface area contributed by atoms with Crippen LogP contribution in [0.2, 0.25) is 5.02 Å². The van der Waals surface area contributed by atoms with E-state index in [0.29, 0.717) is 28.5 Å². The molecule has 0 aromatic heterocycles. The predicted octanol–water partition coefficient (Wildman–Crippen LogP) is 4.36. The van der Waals surface area contributed by atoms with Gasteiger partial charge in [-0.15, -0.1) is 0 Å². The van der Waals surface area contributed by atoms with Crippen LogP contribution >= 0.6 is 11.6 Å². The maximum absolute atomic E-state index is 11.8. The molecule has 2 unspecified atom stereocenters. The Morgan fingerprint density at radius 2 is 1.90 bits per heavy atom. The summed E-state index contributed by atoms with van der Waals surface area (Å²) >= 11 is 6.05. The minimum absolute atomic E-state index is 0.332. The third-order valence-corrected chi connectivity index (χ3v) is 4.16. The van der Waals surface area contributed by atoms with Gasteiger partial charge in [0.1, 0.15) is 0 Å². The van der Waals surface area contributed by atoms with Gasteiger partial charge >= 0.3 is 5.97 Å². The maximum atomic E-state index is 11.8. The summed E-state index contributed by atoms with van der Waals surface area (Å²) in [7, 11) is 1.39. The lowest BCUT2D eigenvalue weighted by Crippen LogP contribution is -2.30. The Kier molecular flexibility index (Phi) is 4.92. The van der Waals surface area contributed by atoms with E-state index in [0.717, 1.165) is 18.5 Å². The number of esters is 1. The summed E-state index contributed by atoms with van der Waals surface area (Å²) in [5.41, 5.74) is 1.32. The quantitative estimate of drug-likeness (QED) is 0.842. The second kappa shape index (κ2) is 6.49. The Bertz CT molecular complexity index is 479. The molecule has 0 saturated heterocycles. The molecule has 1 N–H and O–H groups in total. The van der Waals surface area contributed by atoms with Crippen molar-refractivity contribution in [2.45, 2.75) is 39.2 Å². The fourth-order valence-electron chi connectivity index (χ4n) is 3.21. The van der Waals surface area contributed by atoms with Crippen molar-refractivity contribution >= 4 is 23.3 Å². The van der Waals surface area contributed by atoms with Crippen LogP contribution in [0.3, 0.4) is 0 Å². The highest BCUT2D eigenvalue weighted by Crippen LogP contribution is 2.32. The Morgan fingerprint density at radius 3 is 2.50 bits per heavy atom. The second-order valence-electron chi connectivity index (χ2n) is 5.94. The van der Waals surface area contributed by atoms with Crippen molar-refractivity contribution in [3.63, 3.8) is 0 Å². The van der Waals surface area contributed by atoms with Gasteiger partial charge in [0.15, 0.2) is 0 Å². The average molecular weight is 296 g/mol. The number of benzene rings is 1. The standard InChI is InChI=1S/C16H22ClNO2/c1-10-6-11(2)8-13(7-10)18-15-9-12(17)4-5-14(15)16(19)20-3/h4-5,9-11,13,18H,6-8H2,1-3H3. The van der Waals surface area contributed by atoms with E-state index in [1.165, 1.54) is 13.5 Å². The maximum Gasteiger partial charge on any atom is 0.339 e. The Morgan fingerprint density at radius 1 is 1.25 bits per heavy atom. The highest BCUT2D eigenvalue weighted by molar-refractivity contribution is 6.31. The molecule has 0 aliphatic heterocycles. The number of carbonyl (C=O) groups is 1. The van der Waals surface area contributed by atoms with Crippen molar-refractivity contribution in [2.75, 3.05) is 12.4 Å². The Balaban J connectivity index is 2.19. The number of nitrogens with one attached hydrogen (secondary N) is 1. The van der Waals surface area contributed by atoms with E-state index < -0.39 is 0 Å². The van der Waals surface area contributed by atoms with Gasteiger partial charge in [0.25, 0.3) is 0 Å². The first kappa shape index (κ1) is 15.2. The third-order valence-electron chi connectivity index (χ3n) is 3.93. The monoisotopic (exact) mass is 295 g/mol. The van der Waals surface area contributed by atoms with Gasteiger partial charge in [-0.05, 0) is 49.3 Å². The molecule has 1 fully saturated rings. The average Bonchev–Trinajstić information content (AvgIpc) is 2.37. The molecule has 0 bridgehead atoms. The van der Waals surface area contributed by atoms with Crippen molar-refractivity contribution in [1.82, 2.24) is 0 Å². The summed E-state index contributed by atoms with van der Waals surface area (Å²) in [5, 5.41) is 4.10. The normalized spacial score (nSPS) is 26.1. The van der Waals surface area contributed by atoms with E-state index in [2.05, 4.69) is 19.2 Å². The van der Waals surface area contributed by atoms with Crippen molar-refractivity contribution < 1.29 is 9.53 Å². The number of halogens is 1. The van der Waals surface area contributed by atoms with Gasteiger partial charge in [-0.25, -0.2) is 4.79 Å². The number of hydrogen-bond acceptors (Lipinski definition) is 3. The number of methoxy groups -OCH3 is 1. The van der Waals surface area contributed by atoms with E-state index in [9.17, 15) is 4.79 Å². The summed E-state index contributed by atoms with van der Waals surface area (Å²) in [6, 6.07) is 5.62. The number of carbonyl (C=O) groups excluding carboxylic acids is 1. The highest BCUT2D eigenvalue weighted by atomic mass is 35.5. The van der Waals surface area contributed by atoms with Gasteiger partial charge in [0, 0.05) is 11.1 Å². The van der Waals surface area contributed by atoms with E-state index >= 15 is 0 Å². The first-order valence-corrected chi connectivity index (χ1v) is 7.51. The zero-order valence-electron chi connectivity index (χ0n) is 12.3. The van der Waals surface area contributed by atoms with Crippen LogP contribution < -0.4 is 5.32 Å². The van der Waals surface area contributed by atoms with Crippen molar-refractivity contribution in [2.24, 2.45) is 11.8 Å². The SMILES string of the molecule is COC(=O)c1ccc(Cl)cc1NC1CC(C)CC(C)C1. The number of rotatable bonds is 3. The van der Waals surface area contributed by atoms with Crippen LogP contribution in [0.15, 0.2) is 18.2 Å². The fraction of sp³-hybridized carbons (Fsp3) is 0.562. The minimum atomic E-state index is -0.332. The lowest BCUT2D eigenvalue weighted by Gasteiger charge is -2.33. The summed E-state index contributed by atoms with van der Waals surface area (Å²) in [6.45, 7) is 4.56. The van der Waals surface area contributed by atoms with E-state index in [1.54, 1.807) is 18.2 Å². The molecule has 20 heavy (non-hydrogen) atoms. The summed E-state index contributed by atoms with van der Waals surface area (Å²) in [6.07, 6.45) is 3.52. The minimum Gasteiger partial charge on any atom is -0.465 e. The van der Waals surface area contributed by atoms with E-state index in [1.807, 2.05) is 0 Å². The zero-order valence-corrected chi connectivity index (χ0v) is 13.0. The van der Waals surface area contributed by atoms with Gasteiger partial charge < -0.3 is 10.1 Å². The van der Waals surface area contributed by atoms with Crippen LogP contribution in [0.25, 0.3) is 0 Å². The van der Waals surface area contributed by atoms with Crippen LogP contribution in [0.5, 0.6) is 0 Å². The Labute approximate surface area is 125 Å². The van der Waals surface area contributed by atoms with Gasteiger partial charge in [0.05, 0.1) is 18.4 Å². The van der Waals surface area contributed by atoms with Gasteiger partial charge in [0.2, 0.25) is 0 Å². The first-order valence-electron chi connectivity index (χ1n) is 7.14. The number of anilines is 1. The molecule has 0 radical (unpaired) electrons. The molecule has 1 aliphatic carbocycles. The van der Waals surface area contributed by atoms with Crippen LogP contribution in [-0.4, -0.2) is 19.1 Å². The van der Waals surface area contributed by atoms with Crippen molar-refractivity contribution in [3.8, 4) is 0 Å². The molecule has 3 nitrogen and oxygen atoms in total. The van der Waals surface area contributed by atoms with Crippen molar-refractivity contribution in [3.05, 3.63) is 28.8 Å². The van der Waals surface area contributed by atoms with Gasteiger partial charge in [-0.3, -0.25) is 0 Å². The van der Waals surface area contributed by atoms with Crippen LogP contribution in [0.1, 0.15) is 43.5 Å². The number of ether oxygens (including phenoxy) is 1. The molecule has 1 saturated carbocycles. The van der Waals surface area contributed by atoms with Crippen LogP contribution in [-0.2, 0) is 4.74 Å². The molecule has 2 atom stereocenters. The summed E-state index contributed by atoms with van der Waals surface area (Å²) < 4.78 is 4.83. The number of hydrogen-bond donors (Lipinski definition) is 1. The Hall–Kier alpha value is -1.22. The largest absolute Gasteiger partial charge is 0.465 e. The molecule has 110 valence electrons. The first-order chi connectivity index (χ1) is 9.49.